The molecule has 1 fully saturated rings. The summed E-state index contributed by atoms with van der Waals surface area (Å²) in [5.74, 6) is -0.267. The van der Waals surface area contributed by atoms with E-state index in [0.29, 0.717) is 6.54 Å². The zero-order chi connectivity index (χ0) is 16.4. The van der Waals surface area contributed by atoms with E-state index >= 15 is 0 Å². The Kier molecular flexibility index (Phi) is 4.33. The van der Waals surface area contributed by atoms with Crippen LogP contribution in [0.2, 0.25) is 0 Å². The van der Waals surface area contributed by atoms with Crippen molar-refractivity contribution in [1.29, 1.82) is 0 Å². The molecule has 2 aromatic carbocycles. The molecule has 1 N–H and O–H groups in total. The van der Waals surface area contributed by atoms with Gasteiger partial charge < -0.3 is 10.2 Å². The number of carbonyl (C=O) groups is 2. The second-order valence-electron chi connectivity index (χ2n) is 6.22. The first kappa shape index (κ1) is 15.5. The third kappa shape index (κ3) is 3.07. The van der Waals surface area contributed by atoms with Crippen LogP contribution < -0.4 is 10.2 Å². The van der Waals surface area contributed by atoms with E-state index in [0.717, 1.165) is 22.9 Å². The van der Waals surface area contributed by atoms with E-state index in [4.69, 9.17) is 0 Å². The van der Waals surface area contributed by atoms with Crippen molar-refractivity contribution in [1.82, 2.24) is 5.32 Å². The Hall–Kier alpha value is -2.36. The summed E-state index contributed by atoms with van der Waals surface area (Å²) in [6, 6.07) is 14.1. The van der Waals surface area contributed by atoms with E-state index in [9.17, 15) is 9.59 Å². The third-order valence-electron chi connectivity index (χ3n) is 4.55. The van der Waals surface area contributed by atoms with Crippen LogP contribution in [0.25, 0.3) is 10.8 Å². The first-order chi connectivity index (χ1) is 11.1. The quantitative estimate of drug-likeness (QED) is 0.943. The number of nitrogens with zero attached hydrogens (tertiary/aromatic N) is 1. The smallest absolute Gasteiger partial charge is 0.227 e. The highest BCUT2D eigenvalue weighted by Gasteiger charge is 2.35. The van der Waals surface area contributed by atoms with Gasteiger partial charge in [0.25, 0.3) is 0 Å². The summed E-state index contributed by atoms with van der Waals surface area (Å²) >= 11 is 0. The van der Waals surface area contributed by atoms with Gasteiger partial charge in [0.2, 0.25) is 11.8 Å². The van der Waals surface area contributed by atoms with Gasteiger partial charge in [0.15, 0.2) is 0 Å². The lowest BCUT2D eigenvalue weighted by Crippen LogP contribution is -2.38. The first-order valence-corrected chi connectivity index (χ1v) is 8.18. The van der Waals surface area contributed by atoms with E-state index in [2.05, 4.69) is 5.32 Å². The van der Waals surface area contributed by atoms with Crippen molar-refractivity contribution < 1.29 is 9.59 Å². The molecule has 0 unspecified atom stereocenters. The lowest BCUT2D eigenvalue weighted by Gasteiger charge is -2.19. The number of rotatable bonds is 4. The van der Waals surface area contributed by atoms with Gasteiger partial charge in [-0.2, -0.15) is 0 Å². The second-order valence-corrected chi connectivity index (χ2v) is 6.22. The van der Waals surface area contributed by atoms with E-state index in [-0.39, 0.29) is 30.2 Å². The highest BCUT2D eigenvalue weighted by atomic mass is 16.2. The molecule has 3 rings (SSSR count). The fourth-order valence-corrected chi connectivity index (χ4v) is 3.02. The minimum Gasteiger partial charge on any atom is -0.353 e. The number of anilines is 1. The van der Waals surface area contributed by atoms with Crippen LogP contribution >= 0.6 is 0 Å². The predicted octanol–water partition coefficient (Wildman–Crippen LogP) is 3.11. The topological polar surface area (TPSA) is 49.4 Å². The Morgan fingerprint density at radius 3 is 2.78 bits per heavy atom. The van der Waals surface area contributed by atoms with Gasteiger partial charge in [-0.05, 0) is 24.8 Å². The van der Waals surface area contributed by atoms with E-state index in [1.165, 1.54) is 0 Å². The first-order valence-electron chi connectivity index (χ1n) is 8.18. The Labute approximate surface area is 136 Å². The SMILES string of the molecule is CC[C@H](C)NC(=O)[C@@H]1CC(=O)N(c2cccc3ccccc23)C1. The molecule has 1 saturated heterocycles. The van der Waals surface area contributed by atoms with Crippen LogP contribution in [-0.2, 0) is 9.59 Å². The maximum Gasteiger partial charge on any atom is 0.227 e. The molecule has 23 heavy (non-hydrogen) atoms. The maximum atomic E-state index is 12.4. The van der Waals surface area contributed by atoms with E-state index in [1.807, 2.05) is 56.3 Å². The zero-order valence-electron chi connectivity index (χ0n) is 13.6. The number of carbonyl (C=O) groups excluding carboxylic acids is 2. The van der Waals surface area contributed by atoms with E-state index in [1.54, 1.807) is 4.90 Å². The monoisotopic (exact) mass is 310 g/mol. The molecule has 1 aliphatic heterocycles. The lowest BCUT2D eigenvalue weighted by atomic mass is 10.1. The molecule has 0 aromatic heterocycles. The number of benzene rings is 2. The number of hydrogen-bond acceptors (Lipinski definition) is 2. The standard InChI is InChI=1S/C19H22N2O2/c1-3-13(2)20-19(23)15-11-18(22)21(12-15)17-10-6-8-14-7-4-5-9-16(14)17/h4-10,13,15H,3,11-12H2,1-2H3,(H,20,23)/t13-,15+/m0/s1. The fourth-order valence-electron chi connectivity index (χ4n) is 3.02. The van der Waals surface area contributed by atoms with Crippen molar-refractivity contribution in [3.8, 4) is 0 Å². The molecule has 0 spiro atoms. The summed E-state index contributed by atoms with van der Waals surface area (Å²) in [5, 5.41) is 5.13. The molecule has 4 heteroatoms. The average molecular weight is 310 g/mol. The molecule has 0 radical (unpaired) electrons. The predicted molar refractivity (Wildman–Crippen MR) is 92.3 cm³/mol. The Morgan fingerprint density at radius 2 is 2.00 bits per heavy atom. The van der Waals surface area contributed by atoms with Gasteiger partial charge in [0.1, 0.15) is 0 Å². The van der Waals surface area contributed by atoms with Gasteiger partial charge in [0, 0.05) is 24.4 Å². The molecule has 0 aliphatic carbocycles. The maximum absolute atomic E-state index is 12.4. The number of hydrogen-bond donors (Lipinski definition) is 1. The van der Waals surface area contributed by atoms with E-state index < -0.39 is 0 Å². The summed E-state index contributed by atoms with van der Waals surface area (Å²) in [7, 11) is 0. The molecule has 120 valence electrons. The molecular weight excluding hydrogens is 288 g/mol. The van der Waals surface area contributed by atoms with Crippen LogP contribution in [0.1, 0.15) is 26.7 Å². The van der Waals surface area contributed by atoms with Crippen molar-refractivity contribution in [2.24, 2.45) is 5.92 Å². The van der Waals surface area contributed by atoms with Crippen LogP contribution in [0.4, 0.5) is 5.69 Å². The van der Waals surface area contributed by atoms with Gasteiger partial charge in [-0.25, -0.2) is 0 Å². The van der Waals surface area contributed by atoms with Crippen molar-refractivity contribution >= 4 is 28.3 Å². The molecular formula is C19H22N2O2. The molecule has 0 bridgehead atoms. The molecule has 1 heterocycles. The van der Waals surface area contributed by atoms with Crippen LogP contribution in [0.15, 0.2) is 42.5 Å². The Bertz CT molecular complexity index is 736. The van der Waals surface area contributed by atoms with Crippen LogP contribution in [0, 0.1) is 5.92 Å². The normalized spacial score (nSPS) is 19.1. The molecule has 2 aromatic rings. The van der Waals surface area contributed by atoms with Crippen LogP contribution in [0.5, 0.6) is 0 Å². The average Bonchev–Trinajstić information content (AvgIpc) is 2.96. The van der Waals surface area contributed by atoms with Crippen molar-refractivity contribution in [3.05, 3.63) is 42.5 Å². The van der Waals surface area contributed by atoms with Gasteiger partial charge >= 0.3 is 0 Å². The second kappa shape index (κ2) is 6.41. The zero-order valence-corrected chi connectivity index (χ0v) is 13.6. The van der Waals surface area contributed by atoms with Crippen molar-refractivity contribution in [2.75, 3.05) is 11.4 Å². The van der Waals surface area contributed by atoms with Gasteiger partial charge in [-0.3, -0.25) is 9.59 Å². The number of nitrogens with one attached hydrogen (secondary N) is 1. The van der Waals surface area contributed by atoms with Gasteiger partial charge in [-0.15, -0.1) is 0 Å². The molecule has 1 aliphatic rings. The van der Waals surface area contributed by atoms with Crippen molar-refractivity contribution in [3.63, 3.8) is 0 Å². The summed E-state index contributed by atoms with van der Waals surface area (Å²) < 4.78 is 0. The van der Waals surface area contributed by atoms with Gasteiger partial charge in [0.05, 0.1) is 11.6 Å². The number of fused-ring (bicyclic) bond motifs is 1. The summed E-state index contributed by atoms with van der Waals surface area (Å²) in [6.45, 7) is 4.47. The minimum absolute atomic E-state index is 0.0181. The highest BCUT2D eigenvalue weighted by Crippen LogP contribution is 2.31. The fraction of sp³-hybridized carbons (Fsp3) is 0.368. The Balaban J connectivity index is 1.84. The highest BCUT2D eigenvalue weighted by molar-refractivity contribution is 6.06. The molecule has 4 nitrogen and oxygen atoms in total. The largest absolute Gasteiger partial charge is 0.353 e. The lowest BCUT2D eigenvalue weighted by molar-refractivity contribution is -0.126. The Morgan fingerprint density at radius 1 is 1.26 bits per heavy atom. The molecule has 2 amide bonds. The summed E-state index contributed by atoms with van der Waals surface area (Å²) in [6.07, 6.45) is 1.17. The van der Waals surface area contributed by atoms with Crippen LogP contribution in [0.3, 0.4) is 0 Å². The van der Waals surface area contributed by atoms with Crippen molar-refractivity contribution in [2.45, 2.75) is 32.7 Å². The minimum atomic E-state index is -0.268. The third-order valence-corrected chi connectivity index (χ3v) is 4.55. The number of amides is 2. The summed E-state index contributed by atoms with van der Waals surface area (Å²) in [4.78, 5) is 26.5. The molecule has 0 saturated carbocycles. The van der Waals surface area contributed by atoms with Gasteiger partial charge in [-0.1, -0.05) is 43.3 Å². The summed E-state index contributed by atoms with van der Waals surface area (Å²) in [5.41, 5.74) is 0.895. The molecule has 2 atom stereocenters. The van der Waals surface area contributed by atoms with Crippen LogP contribution in [-0.4, -0.2) is 24.4 Å².